The highest BCUT2D eigenvalue weighted by molar-refractivity contribution is 5.72. The van der Waals surface area contributed by atoms with Crippen molar-refractivity contribution in [2.24, 2.45) is 0 Å². The van der Waals surface area contributed by atoms with Gasteiger partial charge in [0.15, 0.2) is 17.4 Å². The molecule has 0 saturated heterocycles. The Kier molecular flexibility index (Phi) is 9.83. The molecule has 0 spiro atoms. The van der Waals surface area contributed by atoms with Crippen LogP contribution in [0, 0.1) is 40.7 Å². The van der Waals surface area contributed by atoms with Gasteiger partial charge in [-0.25, -0.2) is 35.1 Å². The second kappa shape index (κ2) is 13.8. The molecule has 2 nitrogen and oxygen atoms in total. The Morgan fingerprint density at radius 3 is 1.62 bits per heavy atom. The molecule has 0 aromatic heterocycles. The lowest BCUT2D eigenvalue weighted by atomic mass is 9.97. The number of allylic oxidation sites excluding steroid dienone is 1. The summed E-state index contributed by atoms with van der Waals surface area (Å²) in [5, 5.41) is 0. The first kappa shape index (κ1) is 34.1. The third kappa shape index (κ3) is 7.02. The molecule has 0 aliphatic heterocycles. The summed E-state index contributed by atoms with van der Waals surface area (Å²) in [4.78, 5) is 0. The molecule has 5 aromatic carbocycles. The second-order valence-corrected chi connectivity index (χ2v) is 10.4. The summed E-state index contributed by atoms with van der Waals surface area (Å²) in [7, 11) is 0. The van der Waals surface area contributed by atoms with Crippen molar-refractivity contribution in [1.29, 1.82) is 0 Å². The fourth-order valence-electron chi connectivity index (χ4n) is 5.04. The van der Waals surface area contributed by atoms with Gasteiger partial charge in [-0.05, 0) is 83.6 Å². The molecule has 248 valence electrons. The molecular formula is C36H22F10O2. The number of hydrogen-bond acceptors (Lipinski definition) is 2. The standard InChI is InChI=1S/C36H22F10O2/c1-2-3-4-19-5-8-24(27(38)11-19)20-6-9-25(28(39)12-20)21-13-30(41)34(31(42)14-21)36(45,46)48-23-7-10-26(29(40)17-23)22-15-32(43)35(47-18-37)33(44)16-22/h2,5-17H,1,3-4,18H2. The third-order valence-electron chi connectivity index (χ3n) is 7.29. The maximum absolute atomic E-state index is 15.1. The zero-order chi connectivity index (χ0) is 34.7. The van der Waals surface area contributed by atoms with Crippen molar-refractivity contribution >= 4 is 0 Å². The molecule has 0 heterocycles. The molecule has 0 aliphatic carbocycles. The van der Waals surface area contributed by atoms with Crippen LogP contribution in [-0.4, -0.2) is 6.86 Å². The van der Waals surface area contributed by atoms with Gasteiger partial charge >= 0.3 is 6.11 Å². The lowest BCUT2D eigenvalue weighted by molar-refractivity contribution is -0.189. The van der Waals surface area contributed by atoms with Gasteiger partial charge in [-0.2, -0.15) is 8.78 Å². The van der Waals surface area contributed by atoms with E-state index in [0.717, 1.165) is 24.3 Å². The SMILES string of the molecule is C=CCCc1ccc(-c2ccc(-c3cc(F)c(C(F)(F)Oc4ccc(-c5cc(F)c(OCF)c(F)c5)c(F)c4)c(F)c3)c(F)c2)c(F)c1. The van der Waals surface area contributed by atoms with Gasteiger partial charge in [0.25, 0.3) is 0 Å². The molecule has 0 radical (unpaired) electrons. The van der Waals surface area contributed by atoms with Gasteiger partial charge in [0.05, 0.1) is 0 Å². The van der Waals surface area contributed by atoms with Crippen LogP contribution in [-0.2, 0) is 12.5 Å². The van der Waals surface area contributed by atoms with Gasteiger partial charge in [0.1, 0.15) is 40.4 Å². The van der Waals surface area contributed by atoms with Crippen LogP contribution < -0.4 is 9.47 Å². The van der Waals surface area contributed by atoms with E-state index in [2.05, 4.69) is 16.1 Å². The molecule has 0 saturated carbocycles. The molecule has 5 rings (SSSR count). The van der Waals surface area contributed by atoms with Gasteiger partial charge in [0.2, 0.25) is 6.86 Å². The Bertz CT molecular complexity index is 1960. The Balaban J connectivity index is 1.38. The highest BCUT2D eigenvalue weighted by atomic mass is 19.3. The predicted molar refractivity (Wildman–Crippen MR) is 159 cm³/mol. The van der Waals surface area contributed by atoms with E-state index in [0.29, 0.717) is 48.7 Å². The fraction of sp³-hybridized carbons (Fsp3) is 0.111. The molecule has 0 bridgehead atoms. The zero-order valence-electron chi connectivity index (χ0n) is 24.5. The molecule has 0 aliphatic rings. The molecule has 0 fully saturated rings. The minimum absolute atomic E-state index is 0.0668. The minimum Gasteiger partial charge on any atom is -0.457 e. The first-order valence-electron chi connectivity index (χ1n) is 14.1. The van der Waals surface area contributed by atoms with Crippen molar-refractivity contribution in [2.45, 2.75) is 19.0 Å². The van der Waals surface area contributed by atoms with Crippen molar-refractivity contribution < 1.29 is 53.4 Å². The van der Waals surface area contributed by atoms with Crippen molar-refractivity contribution in [2.75, 3.05) is 6.86 Å². The number of alkyl halides is 3. The van der Waals surface area contributed by atoms with E-state index in [1.807, 2.05) is 0 Å². The minimum atomic E-state index is -4.72. The summed E-state index contributed by atoms with van der Waals surface area (Å²) >= 11 is 0. The highest BCUT2D eigenvalue weighted by Crippen LogP contribution is 2.39. The van der Waals surface area contributed by atoms with E-state index >= 15 is 22.0 Å². The maximum atomic E-state index is 15.1. The van der Waals surface area contributed by atoms with Crippen molar-refractivity contribution in [3.63, 3.8) is 0 Å². The van der Waals surface area contributed by atoms with Crippen LogP contribution in [0.4, 0.5) is 43.9 Å². The van der Waals surface area contributed by atoms with Gasteiger partial charge in [-0.15, -0.1) is 6.58 Å². The summed E-state index contributed by atoms with van der Waals surface area (Å²) < 4.78 is 154. The average Bonchev–Trinajstić information content (AvgIpc) is 3.01. The predicted octanol–water partition coefficient (Wildman–Crippen LogP) is 11.2. The van der Waals surface area contributed by atoms with Crippen LogP contribution in [0.3, 0.4) is 0 Å². The molecule has 48 heavy (non-hydrogen) atoms. The quantitative estimate of drug-likeness (QED) is 0.102. The first-order valence-corrected chi connectivity index (χ1v) is 14.1. The van der Waals surface area contributed by atoms with Crippen LogP contribution in [0.2, 0.25) is 0 Å². The van der Waals surface area contributed by atoms with Crippen molar-refractivity contribution in [1.82, 2.24) is 0 Å². The number of rotatable bonds is 11. The molecule has 0 N–H and O–H groups in total. The van der Waals surface area contributed by atoms with Crippen LogP contribution in [0.25, 0.3) is 33.4 Å². The van der Waals surface area contributed by atoms with Crippen molar-refractivity contribution in [3.8, 4) is 44.9 Å². The monoisotopic (exact) mass is 676 g/mol. The van der Waals surface area contributed by atoms with Gasteiger partial charge in [-0.3, -0.25) is 0 Å². The summed E-state index contributed by atoms with van der Waals surface area (Å²) in [6, 6.07) is 11.9. The normalized spacial score (nSPS) is 11.5. The summed E-state index contributed by atoms with van der Waals surface area (Å²) in [6.07, 6.45) is -1.86. The number of aryl methyl sites for hydroxylation is 1. The van der Waals surface area contributed by atoms with E-state index in [1.54, 1.807) is 12.1 Å². The summed E-state index contributed by atoms with van der Waals surface area (Å²) in [5.74, 6) is -11.3. The van der Waals surface area contributed by atoms with Crippen LogP contribution >= 0.6 is 0 Å². The van der Waals surface area contributed by atoms with Crippen LogP contribution in [0.1, 0.15) is 17.5 Å². The Morgan fingerprint density at radius 2 is 1.08 bits per heavy atom. The van der Waals surface area contributed by atoms with E-state index in [1.165, 1.54) is 18.2 Å². The fourth-order valence-corrected chi connectivity index (χ4v) is 5.04. The Labute approximate surface area is 267 Å². The van der Waals surface area contributed by atoms with E-state index in [4.69, 9.17) is 0 Å². The molecule has 5 aromatic rings. The molecule has 0 atom stereocenters. The number of benzene rings is 5. The Hall–Kier alpha value is -5.26. The molecule has 0 amide bonds. The molecule has 0 unspecified atom stereocenters. The topological polar surface area (TPSA) is 18.5 Å². The van der Waals surface area contributed by atoms with Gasteiger partial charge < -0.3 is 9.47 Å². The zero-order valence-corrected chi connectivity index (χ0v) is 24.5. The maximum Gasteiger partial charge on any atom is 0.432 e. The molecule has 12 heteroatoms. The van der Waals surface area contributed by atoms with E-state index in [-0.39, 0.29) is 16.7 Å². The molecular weight excluding hydrogens is 654 g/mol. The number of hydrogen-bond donors (Lipinski definition) is 0. The third-order valence-corrected chi connectivity index (χ3v) is 7.29. The van der Waals surface area contributed by atoms with E-state index in [9.17, 15) is 22.0 Å². The van der Waals surface area contributed by atoms with Crippen LogP contribution in [0.15, 0.2) is 91.5 Å². The first-order chi connectivity index (χ1) is 22.8. The Morgan fingerprint density at radius 1 is 0.583 bits per heavy atom. The lowest BCUT2D eigenvalue weighted by Crippen LogP contribution is -2.25. The van der Waals surface area contributed by atoms with E-state index < -0.39 is 87.4 Å². The average molecular weight is 677 g/mol. The number of halogens is 10. The lowest BCUT2D eigenvalue weighted by Gasteiger charge is -2.20. The van der Waals surface area contributed by atoms with Gasteiger partial charge in [-0.1, -0.05) is 30.3 Å². The second-order valence-electron chi connectivity index (χ2n) is 10.4. The van der Waals surface area contributed by atoms with Crippen molar-refractivity contribution in [3.05, 3.63) is 143 Å². The smallest absolute Gasteiger partial charge is 0.432 e. The summed E-state index contributed by atoms with van der Waals surface area (Å²) in [5.41, 5.74) is -2.68. The van der Waals surface area contributed by atoms with Crippen LogP contribution in [0.5, 0.6) is 11.5 Å². The summed E-state index contributed by atoms with van der Waals surface area (Å²) in [6.45, 7) is 2.07. The van der Waals surface area contributed by atoms with Gasteiger partial charge in [0, 0.05) is 22.8 Å². The number of ether oxygens (including phenoxy) is 2. The highest BCUT2D eigenvalue weighted by Gasteiger charge is 2.41. The largest absolute Gasteiger partial charge is 0.457 e.